The Morgan fingerprint density at radius 2 is 1.84 bits per heavy atom. The summed E-state index contributed by atoms with van der Waals surface area (Å²) < 4.78 is 5.20. The highest BCUT2D eigenvalue weighted by Crippen LogP contribution is 2.22. The SMILES string of the molecule is CCC(CC)N(CCCC(C)(C)C(=N)N)CCOC. The first-order valence-electron chi connectivity index (χ1n) is 7.46. The standard InChI is InChI=1S/C15H33N3O/c1-6-13(7-2)18(11-12-19-5)10-8-9-15(3,4)14(16)17/h13H,6-12H2,1-5H3,(H3,16,17). The van der Waals surface area contributed by atoms with Crippen LogP contribution in [-0.2, 0) is 4.74 Å². The highest BCUT2D eigenvalue weighted by Gasteiger charge is 2.22. The summed E-state index contributed by atoms with van der Waals surface area (Å²) in [6.45, 7) is 11.4. The molecule has 0 aliphatic carbocycles. The Morgan fingerprint density at radius 1 is 1.26 bits per heavy atom. The van der Waals surface area contributed by atoms with Gasteiger partial charge in [-0.25, -0.2) is 0 Å². The van der Waals surface area contributed by atoms with Crippen LogP contribution in [-0.4, -0.2) is 43.6 Å². The zero-order valence-corrected chi connectivity index (χ0v) is 13.5. The summed E-state index contributed by atoms with van der Waals surface area (Å²) in [5.74, 6) is 0.290. The Bertz CT molecular complexity index is 250. The van der Waals surface area contributed by atoms with Crippen LogP contribution in [0.1, 0.15) is 53.4 Å². The maximum Gasteiger partial charge on any atom is 0.0963 e. The summed E-state index contributed by atoms with van der Waals surface area (Å²) in [4.78, 5) is 2.51. The molecule has 0 saturated carbocycles. The average Bonchev–Trinajstić information content (AvgIpc) is 2.36. The minimum Gasteiger partial charge on any atom is -0.387 e. The monoisotopic (exact) mass is 271 g/mol. The van der Waals surface area contributed by atoms with Crippen molar-refractivity contribution in [2.75, 3.05) is 26.8 Å². The number of amidine groups is 1. The maximum absolute atomic E-state index is 7.59. The van der Waals surface area contributed by atoms with Gasteiger partial charge in [-0.05, 0) is 32.2 Å². The Balaban J connectivity index is 4.29. The van der Waals surface area contributed by atoms with E-state index in [4.69, 9.17) is 15.9 Å². The first-order valence-corrected chi connectivity index (χ1v) is 7.46. The molecule has 4 nitrogen and oxygen atoms in total. The molecule has 0 heterocycles. The predicted molar refractivity (Wildman–Crippen MR) is 82.7 cm³/mol. The van der Waals surface area contributed by atoms with Gasteiger partial charge in [-0.1, -0.05) is 27.7 Å². The van der Waals surface area contributed by atoms with Crippen molar-refractivity contribution < 1.29 is 4.74 Å². The van der Waals surface area contributed by atoms with Crippen LogP contribution in [0.3, 0.4) is 0 Å². The predicted octanol–water partition coefficient (Wildman–Crippen LogP) is 2.87. The molecule has 0 fully saturated rings. The van der Waals surface area contributed by atoms with Crippen molar-refractivity contribution in [2.45, 2.75) is 59.4 Å². The summed E-state index contributed by atoms with van der Waals surface area (Å²) in [6, 6.07) is 0.635. The highest BCUT2D eigenvalue weighted by molar-refractivity contribution is 5.82. The molecule has 0 rings (SSSR count). The normalized spacial score (nSPS) is 12.4. The van der Waals surface area contributed by atoms with E-state index in [1.807, 2.05) is 13.8 Å². The lowest BCUT2D eigenvalue weighted by molar-refractivity contribution is 0.112. The molecule has 19 heavy (non-hydrogen) atoms. The number of nitrogens with zero attached hydrogens (tertiary/aromatic N) is 1. The fourth-order valence-electron chi connectivity index (χ4n) is 2.35. The van der Waals surface area contributed by atoms with Gasteiger partial charge in [0.05, 0.1) is 12.4 Å². The molecule has 0 aromatic heterocycles. The summed E-state index contributed by atoms with van der Waals surface area (Å²) in [5, 5.41) is 7.59. The molecule has 0 saturated heterocycles. The van der Waals surface area contributed by atoms with Crippen molar-refractivity contribution in [3.63, 3.8) is 0 Å². The van der Waals surface area contributed by atoms with Crippen LogP contribution < -0.4 is 5.73 Å². The largest absolute Gasteiger partial charge is 0.387 e. The van der Waals surface area contributed by atoms with E-state index in [0.717, 1.165) is 32.5 Å². The van der Waals surface area contributed by atoms with Crippen molar-refractivity contribution in [1.29, 1.82) is 5.41 Å². The van der Waals surface area contributed by atoms with Gasteiger partial charge >= 0.3 is 0 Å². The molecule has 0 aliphatic heterocycles. The Kier molecular flexibility index (Phi) is 9.02. The van der Waals surface area contributed by atoms with E-state index in [0.29, 0.717) is 11.9 Å². The van der Waals surface area contributed by atoms with Gasteiger partial charge in [0.2, 0.25) is 0 Å². The lowest BCUT2D eigenvalue weighted by Crippen LogP contribution is -2.38. The van der Waals surface area contributed by atoms with Crippen LogP contribution >= 0.6 is 0 Å². The molecular weight excluding hydrogens is 238 g/mol. The molecule has 0 amide bonds. The third kappa shape index (κ3) is 6.92. The second kappa shape index (κ2) is 9.32. The molecule has 0 aromatic carbocycles. The van der Waals surface area contributed by atoms with Crippen LogP contribution in [0, 0.1) is 10.8 Å². The van der Waals surface area contributed by atoms with E-state index < -0.39 is 0 Å². The van der Waals surface area contributed by atoms with Crippen molar-refractivity contribution in [3.05, 3.63) is 0 Å². The molecule has 0 aromatic rings. The first-order chi connectivity index (χ1) is 8.88. The van der Waals surface area contributed by atoms with Gasteiger partial charge in [-0.15, -0.1) is 0 Å². The number of hydrogen-bond donors (Lipinski definition) is 2. The van der Waals surface area contributed by atoms with Crippen molar-refractivity contribution in [3.8, 4) is 0 Å². The Hall–Kier alpha value is -0.610. The lowest BCUT2D eigenvalue weighted by atomic mass is 9.86. The summed E-state index contributed by atoms with van der Waals surface area (Å²) in [7, 11) is 1.75. The average molecular weight is 271 g/mol. The quantitative estimate of drug-likeness (QED) is 0.449. The summed E-state index contributed by atoms with van der Waals surface area (Å²) in [6.07, 6.45) is 4.39. The van der Waals surface area contributed by atoms with Crippen LogP contribution in [0.5, 0.6) is 0 Å². The number of methoxy groups -OCH3 is 1. The minimum atomic E-state index is -0.180. The molecule has 0 bridgehead atoms. The van der Waals surface area contributed by atoms with E-state index in [9.17, 15) is 0 Å². The van der Waals surface area contributed by atoms with Crippen LogP contribution in [0.4, 0.5) is 0 Å². The van der Waals surface area contributed by atoms with Crippen molar-refractivity contribution >= 4 is 5.84 Å². The fraction of sp³-hybridized carbons (Fsp3) is 0.933. The molecule has 3 N–H and O–H groups in total. The summed E-state index contributed by atoms with van der Waals surface area (Å²) >= 11 is 0. The van der Waals surface area contributed by atoms with E-state index in [1.165, 1.54) is 12.8 Å². The van der Waals surface area contributed by atoms with Gasteiger partial charge in [0.1, 0.15) is 0 Å². The molecule has 0 radical (unpaired) electrons. The topological polar surface area (TPSA) is 62.3 Å². The zero-order valence-electron chi connectivity index (χ0n) is 13.5. The van der Waals surface area contributed by atoms with E-state index in [1.54, 1.807) is 7.11 Å². The second-order valence-electron chi connectivity index (χ2n) is 5.90. The molecule has 4 heteroatoms. The fourth-order valence-corrected chi connectivity index (χ4v) is 2.35. The third-order valence-electron chi connectivity index (χ3n) is 4.02. The van der Waals surface area contributed by atoms with E-state index in [2.05, 4.69) is 18.7 Å². The Labute approximate surface area is 119 Å². The molecule has 0 atom stereocenters. The second-order valence-corrected chi connectivity index (χ2v) is 5.90. The van der Waals surface area contributed by atoms with Gasteiger partial charge in [0.25, 0.3) is 0 Å². The number of hydrogen-bond acceptors (Lipinski definition) is 3. The van der Waals surface area contributed by atoms with Crippen LogP contribution in [0.25, 0.3) is 0 Å². The minimum absolute atomic E-state index is 0.180. The van der Waals surface area contributed by atoms with E-state index >= 15 is 0 Å². The number of rotatable bonds is 11. The molecule has 0 unspecified atom stereocenters. The molecule has 114 valence electrons. The zero-order chi connectivity index (χ0) is 14.9. The molecule has 0 aliphatic rings. The van der Waals surface area contributed by atoms with Gasteiger partial charge in [-0.2, -0.15) is 0 Å². The third-order valence-corrected chi connectivity index (χ3v) is 4.02. The van der Waals surface area contributed by atoms with Gasteiger partial charge < -0.3 is 10.5 Å². The van der Waals surface area contributed by atoms with Crippen molar-refractivity contribution in [1.82, 2.24) is 4.90 Å². The van der Waals surface area contributed by atoms with Gasteiger partial charge in [-0.3, -0.25) is 10.3 Å². The number of nitrogens with two attached hydrogens (primary N) is 1. The molecular formula is C15H33N3O. The van der Waals surface area contributed by atoms with Crippen LogP contribution in [0.2, 0.25) is 0 Å². The Morgan fingerprint density at radius 3 is 2.26 bits per heavy atom. The van der Waals surface area contributed by atoms with Crippen LogP contribution in [0.15, 0.2) is 0 Å². The lowest BCUT2D eigenvalue weighted by Gasteiger charge is -2.31. The van der Waals surface area contributed by atoms with Gasteiger partial charge in [0.15, 0.2) is 0 Å². The number of ether oxygens (including phenoxy) is 1. The van der Waals surface area contributed by atoms with Gasteiger partial charge in [0, 0.05) is 25.1 Å². The first kappa shape index (κ1) is 18.4. The van der Waals surface area contributed by atoms with Crippen molar-refractivity contribution in [2.24, 2.45) is 11.1 Å². The highest BCUT2D eigenvalue weighted by atomic mass is 16.5. The maximum atomic E-state index is 7.59. The number of nitrogens with one attached hydrogen (secondary N) is 1. The molecule has 0 spiro atoms. The summed E-state index contributed by atoms with van der Waals surface area (Å²) in [5.41, 5.74) is 5.45. The smallest absolute Gasteiger partial charge is 0.0963 e. The van der Waals surface area contributed by atoms with E-state index in [-0.39, 0.29) is 5.41 Å².